The second-order valence-corrected chi connectivity index (χ2v) is 11.3. The summed E-state index contributed by atoms with van der Waals surface area (Å²) >= 11 is 0. The number of nitrogens with zero attached hydrogens (tertiary/aromatic N) is 1. The maximum Gasteiger partial charge on any atom is 0.336 e. The number of unbranched alkanes of at least 4 members (excludes halogenated alkanes) is 2. The average Bonchev–Trinajstić information content (AvgIpc) is 2.95. The molecule has 0 saturated heterocycles. The van der Waals surface area contributed by atoms with Crippen molar-refractivity contribution in [3.63, 3.8) is 0 Å². The van der Waals surface area contributed by atoms with Crippen LogP contribution in [0.3, 0.4) is 0 Å². The molecular formula is C35H39NO3. The topological polar surface area (TPSA) is 49.8 Å². The van der Waals surface area contributed by atoms with Gasteiger partial charge < -0.3 is 14.7 Å². The fourth-order valence-corrected chi connectivity index (χ4v) is 6.89. The lowest BCUT2D eigenvalue weighted by atomic mass is 9.82. The van der Waals surface area contributed by atoms with Gasteiger partial charge in [-0.2, -0.15) is 0 Å². The zero-order valence-electron chi connectivity index (χ0n) is 23.4. The van der Waals surface area contributed by atoms with Crippen LogP contribution in [-0.2, 0) is 25.7 Å². The molecular weight excluding hydrogens is 482 g/mol. The molecule has 3 aromatic carbocycles. The van der Waals surface area contributed by atoms with Crippen molar-refractivity contribution in [2.45, 2.75) is 78.1 Å². The summed E-state index contributed by atoms with van der Waals surface area (Å²) in [4.78, 5) is 15.0. The molecule has 1 N–H and O–H groups in total. The van der Waals surface area contributed by atoms with Gasteiger partial charge in [-0.3, -0.25) is 0 Å². The Morgan fingerprint density at radius 3 is 2.49 bits per heavy atom. The van der Waals surface area contributed by atoms with Gasteiger partial charge in [0.05, 0.1) is 5.56 Å². The van der Waals surface area contributed by atoms with Crippen molar-refractivity contribution in [1.29, 1.82) is 0 Å². The molecule has 0 atom stereocenters. The van der Waals surface area contributed by atoms with Crippen LogP contribution in [-0.4, -0.2) is 24.2 Å². The molecule has 4 heteroatoms. The summed E-state index contributed by atoms with van der Waals surface area (Å²) in [5.74, 6) is 0.923. The largest absolute Gasteiger partial charge is 0.478 e. The fraction of sp³-hybridized carbons (Fsp3) is 0.400. The Labute approximate surface area is 231 Å². The van der Waals surface area contributed by atoms with E-state index in [0.29, 0.717) is 5.56 Å². The van der Waals surface area contributed by atoms with Crippen molar-refractivity contribution in [3.05, 3.63) is 85.8 Å². The zero-order valence-corrected chi connectivity index (χ0v) is 23.4. The van der Waals surface area contributed by atoms with Crippen LogP contribution in [0.4, 0.5) is 5.69 Å². The molecule has 0 unspecified atom stereocenters. The number of carboxylic acids is 1. The molecule has 3 aliphatic heterocycles. The third-order valence-corrected chi connectivity index (χ3v) is 8.81. The Hall–Kier alpha value is -3.53. The summed E-state index contributed by atoms with van der Waals surface area (Å²) in [6.07, 6.45) is 10.5. The summed E-state index contributed by atoms with van der Waals surface area (Å²) in [6, 6.07) is 12.1. The first kappa shape index (κ1) is 25.7. The van der Waals surface area contributed by atoms with Gasteiger partial charge in [-0.15, -0.1) is 0 Å². The Balaban J connectivity index is 1.75. The van der Waals surface area contributed by atoms with Gasteiger partial charge in [0.15, 0.2) is 0 Å². The minimum atomic E-state index is -0.899. The summed E-state index contributed by atoms with van der Waals surface area (Å²) in [5.41, 5.74) is 9.64. The number of carboxylic acid groups (broad SMARTS) is 1. The smallest absolute Gasteiger partial charge is 0.336 e. The minimum Gasteiger partial charge on any atom is -0.478 e. The van der Waals surface area contributed by atoms with Crippen LogP contribution in [0.1, 0.15) is 96.1 Å². The van der Waals surface area contributed by atoms with Gasteiger partial charge in [0.1, 0.15) is 11.5 Å². The quantitative estimate of drug-likeness (QED) is 0.286. The molecule has 0 spiro atoms. The minimum absolute atomic E-state index is 0.336. The van der Waals surface area contributed by atoms with Crippen molar-refractivity contribution >= 4 is 23.8 Å². The first-order chi connectivity index (χ1) is 19.0. The number of hydrogen-bond donors (Lipinski definition) is 1. The molecule has 0 fully saturated rings. The SMILES string of the molecule is C=c1c(CCCC)cc2c(c1CCCC)Oc1c(cc3c4c1CCCN4CCC3)C=2c1ccccc1C(=O)O. The molecule has 39 heavy (non-hydrogen) atoms. The van der Waals surface area contributed by atoms with Crippen LogP contribution in [0.2, 0.25) is 0 Å². The molecule has 202 valence electrons. The number of aryl methyl sites for hydroxylation is 2. The summed E-state index contributed by atoms with van der Waals surface area (Å²) in [5, 5.41) is 12.4. The number of anilines is 1. The van der Waals surface area contributed by atoms with Crippen molar-refractivity contribution in [2.75, 3.05) is 18.0 Å². The van der Waals surface area contributed by atoms with E-state index in [2.05, 4.69) is 37.5 Å². The highest BCUT2D eigenvalue weighted by atomic mass is 16.5. The third kappa shape index (κ3) is 4.34. The predicted molar refractivity (Wildman–Crippen MR) is 159 cm³/mol. The third-order valence-electron chi connectivity index (χ3n) is 8.81. The van der Waals surface area contributed by atoms with Gasteiger partial charge in [-0.05, 0) is 91.5 Å². The van der Waals surface area contributed by atoms with Crippen molar-refractivity contribution < 1.29 is 14.6 Å². The Kier molecular flexibility index (Phi) is 6.97. The highest BCUT2D eigenvalue weighted by Gasteiger charge is 2.34. The molecule has 0 aliphatic carbocycles. The average molecular weight is 522 g/mol. The first-order valence-corrected chi connectivity index (χ1v) is 14.9. The molecule has 0 amide bonds. The van der Waals surface area contributed by atoms with Gasteiger partial charge in [0, 0.05) is 46.3 Å². The lowest BCUT2D eigenvalue weighted by Gasteiger charge is -2.39. The summed E-state index contributed by atoms with van der Waals surface area (Å²) in [7, 11) is 0. The van der Waals surface area contributed by atoms with E-state index in [0.717, 1.165) is 116 Å². The Bertz CT molecular complexity index is 1570. The molecule has 0 bridgehead atoms. The molecule has 3 heterocycles. The lowest BCUT2D eigenvalue weighted by Crippen LogP contribution is -2.35. The van der Waals surface area contributed by atoms with Crippen LogP contribution in [0.25, 0.3) is 12.2 Å². The van der Waals surface area contributed by atoms with Crippen LogP contribution >= 0.6 is 0 Å². The molecule has 3 aromatic rings. The standard InChI is InChI=1S/C35H39NO3/c1-4-6-12-23-20-29-31(26-15-8-9-16-27(26)35(37)38)30-21-24-13-10-18-36-19-11-17-28(32(24)36)34(30)39-33(29)25(22(23)3)14-7-5-2/h8-9,15-16,20-21H,3-7,10-14,17-19H2,1-2H3,(H,37,38). The van der Waals surface area contributed by atoms with Crippen molar-refractivity contribution in [1.82, 2.24) is 0 Å². The second-order valence-electron chi connectivity index (χ2n) is 11.3. The number of hydrogen-bond acceptors (Lipinski definition) is 3. The zero-order chi connectivity index (χ0) is 27.1. The van der Waals surface area contributed by atoms with Gasteiger partial charge in [0.25, 0.3) is 0 Å². The highest BCUT2D eigenvalue weighted by molar-refractivity contribution is 5.99. The number of aromatic carboxylic acids is 1. The molecule has 0 radical (unpaired) electrons. The predicted octanol–water partition coefficient (Wildman–Crippen LogP) is 6.53. The van der Waals surface area contributed by atoms with E-state index in [4.69, 9.17) is 4.74 Å². The van der Waals surface area contributed by atoms with Gasteiger partial charge in [0.2, 0.25) is 0 Å². The number of benzene rings is 3. The number of carbonyl (C=O) groups is 1. The van der Waals surface area contributed by atoms with Crippen LogP contribution in [0, 0.1) is 0 Å². The number of ether oxygens (including phenoxy) is 1. The van der Waals surface area contributed by atoms with Crippen molar-refractivity contribution in [3.8, 4) is 11.5 Å². The molecule has 4 nitrogen and oxygen atoms in total. The van der Waals surface area contributed by atoms with Crippen molar-refractivity contribution in [2.24, 2.45) is 0 Å². The van der Waals surface area contributed by atoms with Gasteiger partial charge in [-0.1, -0.05) is 51.5 Å². The Morgan fingerprint density at radius 2 is 1.72 bits per heavy atom. The molecule has 3 aliphatic rings. The van der Waals surface area contributed by atoms with Gasteiger partial charge >= 0.3 is 5.97 Å². The van der Waals surface area contributed by atoms with E-state index < -0.39 is 5.97 Å². The maximum absolute atomic E-state index is 12.5. The number of fused-ring (bicyclic) bond motifs is 3. The second kappa shape index (κ2) is 10.6. The van der Waals surface area contributed by atoms with Crippen LogP contribution in [0.15, 0.2) is 36.4 Å². The molecule has 0 aromatic heterocycles. The lowest BCUT2D eigenvalue weighted by molar-refractivity contribution is 0.0696. The molecule has 0 saturated carbocycles. The van der Waals surface area contributed by atoms with E-state index in [1.165, 1.54) is 27.9 Å². The number of rotatable bonds is 8. The fourth-order valence-electron chi connectivity index (χ4n) is 6.89. The molecule has 6 rings (SSSR count). The summed E-state index contributed by atoms with van der Waals surface area (Å²) < 4.78 is 7.03. The van der Waals surface area contributed by atoms with E-state index in [-0.39, 0.29) is 0 Å². The first-order valence-electron chi connectivity index (χ1n) is 14.9. The normalized spacial score (nSPS) is 15.3. The summed E-state index contributed by atoms with van der Waals surface area (Å²) in [6.45, 7) is 11.2. The van der Waals surface area contributed by atoms with Crippen LogP contribution < -0.4 is 20.1 Å². The monoisotopic (exact) mass is 521 g/mol. The van der Waals surface area contributed by atoms with E-state index in [1.54, 1.807) is 6.07 Å². The van der Waals surface area contributed by atoms with E-state index >= 15 is 0 Å². The van der Waals surface area contributed by atoms with Gasteiger partial charge in [-0.25, -0.2) is 4.79 Å². The Morgan fingerprint density at radius 1 is 0.974 bits per heavy atom. The van der Waals surface area contributed by atoms with Crippen LogP contribution in [0.5, 0.6) is 11.5 Å². The van der Waals surface area contributed by atoms with E-state index in [9.17, 15) is 9.90 Å². The van der Waals surface area contributed by atoms with E-state index in [1.807, 2.05) is 18.2 Å². The highest BCUT2D eigenvalue weighted by Crippen LogP contribution is 2.48. The maximum atomic E-state index is 12.5.